The Bertz CT molecular complexity index is 2500. The first kappa shape index (κ1) is 25.0. The maximum atomic E-state index is 2.56. The van der Waals surface area contributed by atoms with E-state index in [4.69, 9.17) is 0 Å². The molecule has 2 aromatic heterocycles. The van der Waals surface area contributed by atoms with Gasteiger partial charge in [-0.15, -0.1) is 11.3 Å². The summed E-state index contributed by atoms with van der Waals surface area (Å²) in [6.45, 7) is 0. The quantitative estimate of drug-likeness (QED) is 0.198. The fourth-order valence-electron chi connectivity index (χ4n) is 7.78. The zero-order valence-corrected chi connectivity index (χ0v) is 25.3. The third-order valence-electron chi connectivity index (χ3n) is 9.72. The molecule has 0 radical (unpaired) electrons. The van der Waals surface area contributed by atoms with Gasteiger partial charge in [0, 0.05) is 48.2 Å². The molecule has 3 heterocycles. The van der Waals surface area contributed by atoms with Crippen molar-refractivity contribution in [1.29, 1.82) is 0 Å². The molecule has 0 spiro atoms. The molecule has 1 aliphatic heterocycles. The standard InChI is InChI=1S/C42H28N2S/c1-2-11-28(12-3-1)43-37-18-7-4-13-31(37)34-25-26-35-32-14-5-8-19-38(32)44(41(35)40(34)43)29-23-21-27(22-24-29)30-16-10-17-36-33-15-6-9-20-39(33)45-42(30)36/h1-26,31,37H. The number of allylic oxidation sites excluding steroid dienone is 2. The zero-order chi connectivity index (χ0) is 29.5. The van der Waals surface area contributed by atoms with Crippen LogP contribution in [0.2, 0.25) is 0 Å². The average molecular weight is 593 g/mol. The van der Waals surface area contributed by atoms with Gasteiger partial charge < -0.3 is 9.47 Å². The van der Waals surface area contributed by atoms with Gasteiger partial charge in [-0.05, 0) is 53.1 Å². The minimum Gasteiger partial charge on any atom is -0.332 e. The molecule has 1 aliphatic carbocycles. The summed E-state index contributed by atoms with van der Waals surface area (Å²) in [6, 6.07) is 49.4. The van der Waals surface area contributed by atoms with Crippen LogP contribution in [-0.4, -0.2) is 10.6 Å². The molecule has 45 heavy (non-hydrogen) atoms. The molecule has 0 bridgehead atoms. The number of aromatic nitrogens is 1. The number of anilines is 2. The Hall–Kier alpha value is -5.38. The van der Waals surface area contributed by atoms with E-state index in [0.29, 0.717) is 5.92 Å². The number of rotatable bonds is 3. The molecular formula is C42H28N2S. The summed E-state index contributed by atoms with van der Waals surface area (Å²) in [5, 5.41) is 5.24. The van der Waals surface area contributed by atoms with Gasteiger partial charge in [-0.2, -0.15) is 0 Å². The van der Waals surface area contributed by atoms with Crippen LogP contribution in [0.3, 0.4) is 0 Å². The highest BCUT2D eigenvalue weighted by molar-refractivity contribution is 7.26. The molecular weight excluding hydrogens is 565 g/mol. The number of benzene rings is 6. The third kappa shape index (κ3) is 3.56. The van der Waals surface area contributed by atoms with Gasteiger partial charge in [0.05, 0.1) is 22.8 Å². The van der Waals surface area contributed by atoms with Crippen molar-refractivity contribution < 1.29 is 0 Å². The molecule has 10 rings (SSSR count). The maximum absolute atomic E-state index is 2.56. The Labute approximate surface area is 265 Å². The highest BCUT2D eigenvalue weighted by Crippen LogP contribution is 2.52. The van der Waals surface area contributed by atoms with Gasteiger partial charge in [-0.3, -0.25) is 0 Å². The molecule has 0 fully saturated rings. The number of hydrogen-bond acceptors (Lipinski definition) is 2. The molecule has 2 atom stereocenters. The lowest BCUT2D eigenvalue weighted by Gasteiger charge is -2.29. The minimum atomic E-state index is 0.244. The molecule has 0 amide bonds. The second-order valence-electron chi connectivity index (χ2n) is 12.1. The summed E-state index contributed by atoms with van der Waals surface area (Å²) in [7, 11) is 0. The summed E-state index contributed by atoms with van der Waals surface area (Å²) in [6.07, 6.45) is 9.13. The van der Waals surface area contributed by atoms with Crippen molar-refractivity contribution in [1.82, 2.24) is 4.57 Å². The van der Waals surface area contributed by atoms with Crippen LogP contribution < -0.4 is 4.90 Å². The largest absolute Gasteiger partial charge is 0.332 e. The van der Waals surface area contributed by atoms with E-state index in [1.165, 1.54) is 75.7 Å². The van der Waals surface area contributed by atoms with Crippen molar-refractivity contribution in [3.05, 3.63) is 163 Å². The van der Waals surface area contributed by atoms with E-state index >= 15 is 0 Å². The first-order valence-corrected chi connectivity index (χ1v) is 16.4. The maximum Gasteiger partial charge on any atom is 0.0782 e. The Morgan fingerprint density at radius 1 is 0.533 bits per heavy atom. The molecule has 2 unspecified atom stereocenters. The topological polar surface area (TPSA) is 8.17 Å². The molecule has 3 heteroatoms. The normalized spacial score (nSPS) is 17.1. The average Bonchev–Trinajstić information content (AvgIpc) is 3.77. The summed E-state index contributed by atoms with van der Waals surface area (Å²) in [5.41, 5.74) is 10.1. The molecule has 2 nitrogen and oxygen atoms in total. The summed E-state index contributed by atoms with van der Waals surface area (Å²) < 4.78 is 5.18. The smallest absolute Gasteiger partial charge is 0.0782 e. The predicted octanol–water partition coefficient (Wildman–Crippen LogP) is 11.5. The monoisotopic (exact) mass is 592 g/mol. The number of thiophene rings is 1. The summed E-state index contributed by atoms with van der Waals surface area (Å²) in [4.78, 5) is 2.56. The Kier molecular flexibility index (Phi) is 5.31. The second kappa shape index (κ2) is 9.56. The Morgan fingerprint density at radius 2 is 1.29 bits per heavy atom. The number of hydrogen-bond donors (Lipinski definition) is 0. The van der Waals surface area contributed by atoms with Gasteiger partial charge in [-0.25, -0.2) is 0 Å². The van der Waals surface area contributed by atoms with Crippen molar-refractivity contribution in [3.63, 3.8) is 0 Å². The first-order valence-electron chi connectivity index (χ1n) is 15.6. The molecule has 6 aromatic carbocycles. The van der Waals surface area contributed by atoms with Gasteiger partial charge in [0.1, 0.15) is 0 Å². The molecule has 8 aromatic rings. The van der Waals surface area contributed by atoms with E-state index in [2.05, 4.69) is 167 Å². The highest BCUT2D eigenvalue weighted by atomic mass is 32.1. The van der Waals surface area contributed by atoms with Crippen LogP contribution in [-0.2, 0) is 0 Å². The van der Waals surface area contributed by atoms with Crippen molar-refractivity contribution >= 4 is 64.7 Å². The van der Waals surface area contributed by atoms with Crippen molar-refractivity contribution in [2.45, 2.75) is 12.0 Å². The van der Waals surface area contributed by atoms with Gasteiger partial charge in [-0.1, -0.05) is 121 Å². The molecule has 0 N–H and O–H groups in total. The number of para-hydroxylation sites is 2. The summed E-state index contributed by atoms with van der Waals surface area (Å²) in [5.74, 6) is 0.310. The van der Waals surface area contributed by atoms with Gasteiger partial charge in [0.2, 0.25) is 0 Å². The van der Waals surface area contributed by atoms with Crippen LogP contribution in [0.25, 0.3) is 58.8 Å². The Balaban J connectivity index is 1.21. The third-order valence-corrected chi connectivity index (χ3v) is 10.9. The van der Waals surface area contributed by atoms with Gasteiger partial charge in [0.15, 0.2) is 0 Å². The lowest BCUT2D eigenvalue weighted by Crippen LogP contribution is -2.28. The van der Waals surface area contributed by atoms with Crippen LogP contribution in [0.5, 0.6) is 0 Å². The molecule has 0 saturated heterocycles. The lowest BCUT2D eigenvalue weighted by molar-refractivity contribution is 0.745. The molecule has 212 valence electrons. The number of nitrogens with zero attached hydrogens (tertiary/aromatic N) is 2. The number of fused-ring (bicyclic) bond motifs is 10. The minimum absolute atomic E-state index is 0.244. The van der Waals surface area contributed by atoms with E-state index in [0.717, 1.165) is 0 Å². The molecule has 2 aliphatic rings. The SMILES string of the molecule is C1=CC2c3ccc4c5ccccc5n(-c5ccc(-c6cccc7c6sc6ccccc67)cc5)c4c3N(c3ccccc3)C2C=C1. The van der Waals surface area contributed by atoms with Crippen molar-refractivity contribution in [2.75, 3.05) is 4.90 Å². The second-order valence-corrected chi connectivity index (χ2v) is 13.1. The van der Waals surface area contributed by atoms with Crippen LogP contribution >= 0.6 is 11.3 Å². The fraction of sp³-hybridized carbons (Fsp3) is 0.0476. The van der Waals surface area contributed by atoms with Gasteiger partial charge in [0.25, 0.3) is 0 Å². The van der Waals surface area contributed by atoms with Crippen LogP contribution in [0.4, 0.5) is 11.4 Å². The van der Waals surface area contributed by atoms with Crippen LogP contribution in [0.15, 0.2) is 158 Å². The molecule has 0 saturated carbocycles. The van der Waals surface area contributed by atoms with Crippen LogP contribution in [0, 0.1) is 0 Å². The van der Waals surface area contributed by atoms with Crippen molar-refractivity contribution in [3.8, 4) is 16.8 Å². The van der Waals surface area contributed by atoms with Crippen LogP contribution in [0.1, 0.15) is 11.5 Å². The lowest BCUT2D eigenvalue weighted by atomic mass is 9.91. The van der Waals surface area contributed by atoms with Gasteiger partial charge >= 0.3 is 0 Å². The first-order chi connectivity index (χ1) is 22.3. The van der Waals surface area contributed by atoms with Crippen molar-refractivity contribution in [2.24, 2.45) is 0 Å². The van der Waals surface area contributed by atoms with E-state index < -0.39 is 0 Å². The van der Waals surface area contributed by atoms with E-state index in [9.17, 15) is 0 Å². The highest BCUT2D eigenvalue weighted by Gasteiger charge is 2.39. The van der Waals surface area contributed by atoms with E-state index in [-0.39, 0.29) is 6.04 Å². The predicted molar refractivity (Wildman–Crippen MR) is 192 cm³/mol. The zero-order valence-electron chi connectivity index (χ0n) is 24.5. The van der Waals surface area contributed by atoms with E-state index in [1.807, 2.05) is 11.3 Å². The van der Waals surface area contributed by atoms with E-state index in [1.54, 1.807) is 0 Å². The summed E-state index contributed by atoms with van der Waals surface area (Å²) >= 11 is 1.89. The fourth-order valence-corrected chi connectivity index (χ4v) is 9.02. The Morgan fingerprint density at radius 3 is 2.18 bits per heavy atom.